The molecule has 1 aliphatic heterocycles. The molecule has 0 saturated heterocycles. The molecular weight excluding hydrogens is 184 g/mol. The van der Waals surface area contributed by atoms with Gasteiger partial charge in [0.05, 0.1) is 0 Å². The van der Waals surface area contributed by atoms with Crippen LogP contribution in [0.5, 0.6) is 5.75 Å². The summed E-state index contributed by atoms with van der Waals surface area (Å²) in [5.74, 6) is 1.64. The largest absolute Gasteiger partial charge is 0.482 e. The predicted molar refractivity (Wildman–Crippen MR) is 46.3 cm³/mol. The molecule has 2 aromatic heterocycles. The number of nitrogens with zero attached hydrogens (tertiary/aromatic N) is 3. The van der Waals surface area contributed by atoms with Crippen LogP contribution < -0.4 is 10.4 Å². The molecule has 0 spiro atoms. The molecule has 0 radical (unpaired) electrons. The first-order valence-corrected chi connectivity index (χ1v) is 4.11. The molecule has 3 heterocycles. The number of fused-ring (bicyclic) bond motifs is 3. The Hall–Kier alpha value is -2.11. The van der Waals surface area contributed by atoms with Crippen molar-refractivity contribution < 1.29 is 4.74 Å². The van der Waals surface area contributed by atoms with Crippen molar-refractivity contribution in [3.63, 3.8) is 0 Å². The SMILES string of the molecule is O=c1[nH]nc2n1-c1ncccc1OC2. The average Bonchev–Trinajstić information content (AvgIpc) is 2.61. The summed E-state index contributed by atoms with van der Waals surface area (Å²) in [6.45, 7) is 0.289. The lowest BCUT2D eigenvalue weighted by molar-refractivity contribution is 0.276. The van der Waals surface area contributed by atoms with E-state index in [0.717, 1.165) is 0 Å². The number of ether oxygens (including phenoxy) is 1. The molecule has 14 heavy (non-hydrogen) atoms. The first-order chi connectivity index (χ1) is 6.86. The third-order valence-corrected chi connectivity index (χ3v) is 2.06. The van der Waals surface area contributed by atoms with Crippen molar-refractivity contribution in [2.24, 2.45) is 0 Å². The van der Waals surface area contributed by atoms with Gasteiger partial charge in [-0.05, 0) is 12.1 Å². The quantitative estimate of drug-likeness (QED) is 0.626. The van der Waals surface area contributed by atoms with E-state index in [4.69, 9.17) is 4.74 Å². The van der Waals surface area contributed by atoms with Gasteiger partial charge in [0, 0.05) is 6.20 Å². The van der Waals surface area contributed by atoms with Crippen molar-refractivity contribution in [1.29, 1.82) is 0 Å². The molecule has 0 atom stereocenters. The van der Waals surface area contributed by atoms with Crippen molar-refractivity contribution in [3.8, 4) is 11.6 Å². The number of nitrogens with one attached hydrogen (secondary N) is 1. The first-order valence-electron chi connectivity index (χ1n) is 4.11. The summed E-state index contributed by atoms with van der Waals surface area (Å²) in [5, 5.41) is 6.17. The van der Waals surface area contributed by atoms with Gasteiger partial charge >= 0.3 is 5.69 Å². The van der Waals surface area contributed by atoms with Gasteiger partial charge in [0.1, 0.15) is 6.61 Å². The number of hydrogen-bond acceptors (Lipinski definition) is 4. The molecule has 6 heteroatoms. The van der Waals surface area contributed by atoms with Crippen molar-refractivity contribution in [2.45, 2.75) is 6.61 Å². The number of H-pyrrole nitrogens is 1. The second-order valence-corrected chi connectivity index (χ2v) is 2.89. The van der Waals surface area contributed by atoms with Crippen LogP contribution in [0.4, 0.5) is 0 Å². The maximum atomic E-state index is 11.4. The van der Waals surface area contributed by atoms with E-state index in [1.807, 2.05) is 0 Å². The lowest BCUT2D eigenvalue weighted by Crippen LogP contribution is -2.23. The highest BCUT2D eigenvalue weighted by Crippen LogP contribution is 2.24. The lowest BCUT2D eigenvalue weighted by Gasteiger charge is -2.15. The zero-order valence-corrected chi connectivity index (χ0v) is 7.10. The van der Waals surface area contributed by atoms with E-state index in [2.05, 4.69) is 15.2 Å². The topological polar surface area (TPSA) is 72.8 Å². The van der Waals surface area contributed by atoms with Crippen molar-refractivity contribution >= 4 is 0 Å². The highest BCUT2D eigenvalue weighted by Gasteiger charge is 2.20. The molecule has 0 saturated carbocycles. The van der Waals surface area contributed by atoms with Crippen LogP contribution in [0.25, 0.3) is 5.82 Å². The molecule has 1 N–H and O–H groups in total. The molecule has 2 aromatic rings. The highest BCUT2D eigenvalue weighted by molar-refractivity contribution is 5.42. The average molecular weight is 190 g/mol. The minimum absolute atomic E-state index is 0.289. The van der Waals surface area contributed by atoms with Gasteiger partial charge in [0.25, 0.3) is 0 Å². The maximum absolute atomic E-state index is 11.4. The summed E-state index contributed by atoms with van der Waals surface area (Å²) in [6, 6.07) is 3.53. The van der Waals surface area contributed by atoms with E-state index in [0.29, 0.717) is 17.4 Å². The minimum Gasteiger partial charge on any atom is -0.482 e. The number of aromatic amines is 1. The summed E-state index contributed by atoms with van der Waals surface area (Å²) >= 11 is 0. The predicted octanol–water partition coefficient (Wildman–Crippen LogP) is -0.152. The van der Waals surface area contributed by atoms with Crippen LogP contribution in [0.1, 0.15) is 5.82 Å². The van der Waals surface area contributed by atoms with Gasteiger partial charge in [0.2, 0.25) is 0 Å². The van der Waals surface area contributed by atoms with E-state index in [1.54, 1.807) is 18.3 Å². The second kappa shape index (κ2) is 2.44. The zero-order valence-electron chi connectivity index (χ0n) is 7.10. The fourth-order valence-corrected chi connectivity index (χ4v) is 1.45. The molecule has 0 fully saturated rings. The van der Waals surface area contributed by atoms with Crippen molar-refractivity contribution in [2.75, 3.05) is 0 Å². The third kappa shape index (κ3) is 0.819. The fraction of sp³-hybridized carbons (Fsp3) is 0.125. The first kappa shape index (κ1) is 7.31. The Labute approximate surface area is 78.2 Å². The molecule has 6 nitrogen and oxygen atoms in total. The Balaban J connectivity index is 2.38. The zero-order chi connectivity index (χ0) is 9.54. The smallest absolute Gasteiger partial charge is 0.349 e. The van der Waals surface area contributed by atoms with E-state index in [1.165, 1.54) is 4.57 Å². The van der Waals surface area contributed by atoms with Crippen LogP contribution in [-0.2, 0) is 6.61 Å². The van der Waals surface area contributed by atoms with E-state index in [-0.39, 0.29) is 12.3 Å². The summed E-state index contributed by atoms with van der Waals surface area (Å²) in [4.78, 5) is 15.4. The third-order valence-electron chi connectivity index (χ3n) is 2.06. The summed E-state index contributed by atoms with van der Waals surface area (Å²) in [5.41, 5.74) is -0.289. The monoisotopic (exact) mass is 190 g/mol. The van der Waals surface area contributed by atoms with Crippen LogP contribution in [0.2, 0.25) is 0 Å². The number of rotatable bonds is 0. The molecule has 3 rings (SSSR count). The van der Waals surface area contributed by atoms with Gasteiger partial charge in [-0.15, -0.1) is 0 Å². The van der Waals surface area contributed by atoms with Crippen molar-refractivity contribution in [3.05, 3.63) is 34.6 Å². The number of pyridine rings is 1. The summed E-state index contributed by atoms with van der Waals surface area (Å²) in [7, 11) is 0. The highest BCUT2D eigenvalue weighted by atomic mass is 16.5. The van der Waals surface area contributed by atoms with Crippen LogP contribution >= 0.6 is 0 Å². The molecule has 70 valence electrons. The Morgan fingerprint density at radius 1 is 1.57 bits per heavy atom. The van der Waals surface area contributed by atoms with E-state index >= 15 is 0 Å². The number of aromatic nitrogens is 4. The molecular formula is C8H6N4O2. The van der Waals surface area contributed by atoms with Crippen LogP contribution in [0.15, 0.2) is 23.1 Å². The van der Waals surface area contributed by atoms with E-state index < -0.39 is 0 Å². The minimum atomic E-state index is -0.289. The van der Waals surface area contributed by atoms with Gasteiger partial charge < -0.3 is 4.74 Å². The number of hydrogen-bond donors (Lipinski definition) is 1. The Bertz CT molecular complexity index is 542. The van der Waals surface area contributed by atoms with Crippen LogP contribution in [0, 0.1) is 0 Å². The van der Waals surface area contributed by atoms with Gasteiger partial charge in [0.15, 0.2) is 17.4 Å². The normalized spacial score (nSPS) is 12.9. The molecule has 0 bridgehead atoms. The van der Waals surface area contributed by atoms with E-state index in [9.17, 15) is 4.79 Å². The fourth-order valence-electron chi connectivity index (χ4n) is 1.45. The summed E-state index contributed by atoms with van der Waals surface area (Å²) < 4.78 is 6.77. The molecule has 0 amide bonds. The summed E-state index contributed by atoms with van der Waals surface area (Å²) in [6.07, 6.45) is 1.61. The van der Waals surface area contributed by atoms with Crippen LogP contribution in [0.3, 0.4) is 0 Å². The van der Waals surface area contributed by atoms with Gasteiger partial charge in [-0.2, -0.15) is 5.10 Å². The van der Waals surface area contributed by atoms with Gasteiger partial charge in [-0.1, -0.05) is 0 Å². The van der Waals surface area contributed by atoms with Gasteiger partial charge in [-0.25, -0.2) is 19.4 Å². The molecule has 1 aliphatic rings. The molecule has 0 aromatic carbocycles. The van der Waals surface area contributed by atoms with Crippen LogP contribution in [-0.4, -0.2) is 19.7 Å². The molecule has 0 unspecified atom stereocenters. The van der Waals surface area contributed by atoms with Crippen molar-refractivity contribution in [1.82, 2.24) is 19.7 Å². The Morgan fingerprint density at radius 2 is 2.50 bits per heavy atom. The standard InChI is InChI=1S/C8H6N4O2/c13-8-11-10-6-4-14-5-2-1-3-9-7(5)12(6)8/h1-3H,4H2,(H,11,13). The second-order valence-electron chi connectivity index (χ2n) is 2.89. The maximum Gasteiger partial charge on any atom is 0.349 e. The Morgan fingerprint density at radius 3 is 3.43 bits per heavy atom. The lowest BCUT2D eigenvalue weighted by atomic mass is 10.4. The molecule has 0 aliphatic carbocycles. The van der Waals surface area contributed by atoms with Gasteiger partial charge in [-0.3, -0.25) is 0 Å². The Kier molecular flexibility index (Phi) is 1.27.